The van der Waals surface area contributed by atoms with Gasteiger partial charge in [0.25, 0.3) is 5.65 Å². The molecule has 2 N–H and O–H groups in total. The Morgan fingerprint density at radius 2 is 1.86 bits per heavy atom. The molecule has 10 nitrogen and oxygen atoms in total. The molecule has 0 atom stereocenters. The summed E-state index contributed by atoms with van der Waals surface area (Å²) in [6, 6.07) is 5.88. The largest absolute Gasteiger partial charge is 0.494 e. The van der Waals surface area contributed by atoms with Gasteiger partial charge in [-0.2, -0.15) is 0 Å². The first-order valence-corrected chi connectivity index (χ1v) is 13.0. The Kier molecular flexibility index (Phi) is 7.59. The summed E-state index contributed by atoms with van der Waals surface area (Å²) in [7, 11) is 1.69. The highest BCUT2D eigenvalue weighted by Crippen LogP contribution is 2.40. The highest BCUT2D eigenvalue weighted by molar-refractivity contribution is 5.98. The maximum absolute atomic E-state index is 13.7. The Balaban J connectivity index is 1.74. The molecule has 0 radical (unpaired) electrons. The SMILES string of the molecule is CCN(CC)c1cc(C)c2nn(CC(=O)c3cc(N4CCOCC4)c(OC)c(C(C)(C)C)c3)c(N)[n+]2n1. The summed E-state index contributed by atoms with van der Waals surface area (Å²) in [5, 5.41) is 9.36. The molecule has 3 heterocycles. The summed E-state index contributed by atoms with van der Waals surface area (Å²) < 4.78 is 14.6. The first kappa shape index (κ1) is 26.7. The molecule has 0 spiro atoms. The molecular formula is C27H40N7O3+. The van der Waals surface area contributed by atoms with Crippen molar-refractivity contribution in [1.82, 2.24) is 14.9 Å². The number of nitrogens with two attached hydrogens (primary N) is 1. The molecule has 1 aliphatic heterocycles. The molecule has 1 fully saturated rings. The zero-order valence-electron chi connectivity index (χ0n) is 23.2. The van der Waals surface area contributed by atoms with E-state index in [1.165, 1.54) is 0 Å². The molecule has 4 rings (SSSR count). The van der Waals surface area contributed by atoms with Crippen LogP contribution in [0.3, 0.4) is 0 Å². The molecule has 1 aliphatic rings. The van der Waals surface area contributed by atoms with Crippen LogP contribution in [0.15, 0.2) is 18.2 Å². The third kappa shape index (κ3) is 5.20. The third-order valence-electron chi connectivity index (χ3n) is 6.93. The van der Waals surface area contributed by atoms with E-state index in [1.807, 2.05) is 25.1 Å². The predicted molar refractivity (Wildman–Crippen MR) is 145 cm³/mol. The number of fused-ring (bicyclic) bond motifs is 1. The number of morpholine rings is 1. The highest BCUT2D eigenvalue weighted by atomic mass is 16.5. The van der Waals surface area contributed by atoms with E-state index in [9.17, 15) is 4.79 Å². The monoisotopic (exact) mass is 510 g/mol. The highest BCUT2D eigenvalue weighted by Gasteiger charge is 2.29. The van der Waals surface area contributed by atoms with Crippen LogP contribution in [-0.4, -0.2) is 67.2 Å². The number of aromatic nitrogens is 4. The van der Waals surface area contributed by atoms with Gasteiger partial charge in [0, 0.05) is 48.0 Å². The summed E-state index contributed by atoms with van der Waals surface area (Å²) in [5.41, 5.74) is 10.3. The van der Waals surface area contributed by atoms with Gasteiger partial charge < -0.3 is 25.0 Å². The molecule has 37 heavy (non-hydrogen) atoms. The number of carbonyl (C=O) groups excluding carboxylic acids is 1. The van der Waals surface area contributed by atoms with Crippen molar-refractivity contribution in [2.24, 2.45) is 0 Å². The average Bonchev–Trinajstić information content (AvgIpc) is 3.19. The Morgan fingerprint density at radius 3 is 2.46 bits per heavy atom. The van der Waals surface area contributed by atoms with Crippen LogP contribution in [0, 0.1) is 6.92 Å². The number of hydrogen-bond donors (Lipinski definition) is 1. The summed E-state index contributed by atoms with van der Waals surface area (Å²) in [5.74, 6) is 1.87. The van der Waals surface area contributed by atoms with E-state index < -0.39 is 0 Å². The van der Waals surface area contributed by atoms with Crippen molar-refractivity contribution in [3.63, 3.8) is 0 Å². The number of methoxy groups -OCH3 is 1. The minimum atomic E-state index is -0.222. The van der Waals surface area contributed by atoms with Gasteiger partial charge in [-0.15, -0.1) is 4.68 Å². The van der Waals surface area contributed by atoms with Crippen LogP contribution in [0.5, 0.6) is 5.75 Å². The number of carbonyl (C=O) groups is 1. The zero-order valence-corrected chi connectivity index (χ0v) is 23.2. The van der Waals surface area contributed by atoms with Gasteiger partial charge in [0.05, 0.1) is 26.0 Å². The minimum absolute atomic E-state index is 0.00764. The van der Waals surface area contributed by atoms with Crippen molar-refractivity contribution in [3.05, 3.63) is 34.9 Å². The van der Waals surface area contributed by atoms with Crippen LogP contribution in [0.2, 0.25) is 0 Å². The number of nitrogen functional groups attached to an aromatic ring is 1. The third-order valence-corrected chi connectivity index (χ3v) is 6.93. The topological polar surface area (TPSA) is 103 Å². The molecular weight excluding hydrogens is 470 g/mol. The molecule has 1 saturated heterocycles. The molecule has 1 aromatic carbocycles. The van der Waals surface area contributed by atoms with Crippen LogP contribution in [0.1, 0.15) is 56.1 Å². The van der Waals surface area contributed by atoms with E-state index >= 15 is 0 Å². The van der Waals surface area contributed by atoms with Crippen LogP contribution in [0.25, 0.3) is 5.65 Å². The van der Waals surface area contributed by atoms with Gasteiger partial charge in [-0.25, -0.2) is 0 Å². The maximum Gasteiger partial charge on any atom is 0.366 e. The summed E-state index contributed by atoms with van der Waals surface area (Å²) in [4.78, 5) is 18.0. The number of ketones is 1. The minimum Gasteiger partial charge on any atom is -0.494 e. The normalized spacial score (nSPS) is 14.3. The smallest absolute Gasteiger partial charge is 0.366 e. The molecule has 2 aromatic heterocycles. The lowest BCUT2D eigenvalue weighted by Gasteiger charge is -2.33. The van der Waals surface area contributed by atoms with Crippen molar-refractivity contribution in [2.45, 2.75) is 53.5 Å². The maximum atomic E-state index is 13.7. The molecule has 0 bridgehead atoms. The lowest BCUT2D eigenvalue weighted by Crippen LogP contribution is -2.37. The first-order valence-electron chi connectivity index (χ1n) is 13.0. The number of anilines is 3. The van der Waals surface area contributed by atoms with Gasteiger partial charge >= 0.3 is 5.95 Å². The predicted octanol–water partition coefficient (Wildman–Crippen LogP) is 2.78. The lowest BCUT2D eigenvalue weighted by atomic mass is 9.84. The number of aryl methyl sites for hydroxylation is 1. The average molecular weight is 511 g/mol. The van der Waals surface area contributed by atoms with Gasteiger partial charge in [0.15, 0.2) is 18.1 Å². The van der Waals surface area contributed by atoms with Crippen molar-refractivity contribution in [2.75, 3.05) is 62.0 Å². The molecule has 200 valence electrons. The van der Waals surface area contributed by atoms with E-state index in [0.29, 0.717) is 30.4 Å². The zero-order chi connectivity index (χ0) is 26.9. The fourth-order valence-corrected chi connectivity index (χ4v) is 4.79. The fraction of sp³-hybridized carbons (Fsp3) is 0.556. The summed E-state index contributed by atoms with van der Waals surface area (Å²) in [6.07, 6.45) is 0. The van der Waals surface area contributed by atoms with Crippen LogP contribution < -0.4 is 24.8 Å². The Bertz CT molecular complexity index is 1290. The van der Waals surface area contributed by atoms with Crippen molar-refractivity contribution in [1.29, 1.82) is 0 Å². The Labute approximate surface area is 218 Å². The summed E-state index contributed by atoms with van der Waals surface area (Å²) in [6.45, 7) is 17.0. The van der Waals surface area contributed by atoms with Gasteiger partial charge in [-0.1, -0.05) is 30.4 Å². The van der Waals surface area contributed by atoms with Gasteiger partial charge in [0.1, 0.15) is 5.75 Å². The van der Waals surface area contributed by atoms with E-state index in [-0.39, 0.29) is 17.7 Å². The second kappa shape index (κ2) is 10.5. The number of Topliss-reactive ketones (excluding diaryl/α,β-unsaturated/α-hetero) is 1. The number of ether oxygens (including phenoxy) is 2. The van der Waals surface area contributed by atoms with E-state index in [4.69, 9.17) is 20.3 Å². The second-order valence-electron chi connectivity index (χ2n) is 10.5. The van der Waals surface area contributed by atoms with E-state index in [2.05, 4.69) is 49.5 Å². The van der Waals surface area contributed by atoms with Crippen LogP contribution >= 0.6 is 0 Å². The molecule has 0 saturated carbocycles. The Morgan fingerprint density at radius 1 is 1.19 bits per heavy atom. The summed E-state index contributed by atoms with van der Waals surface area (Å²) >= 11 is 0. The standard InChI is InChI=1S/C27H39N7O3/c1-8-31(9-2)23-14-18(3)25-30-33(26(28)34(25)29-23)17-22(35)19-15-20(27(4,5)6)24(36-7)21(16-19)32-10-12-37-13-11-32/h14-16,28H,8-13,17H2,1-7H3/p+1. The van der Waals surface area contributed by atoms with E-state index in [0.717, 1.165) is 54.6 Å². The van der Waals surface area contributed by atoms with Crippen molar-refractivity contribution < 1.29 is 18.8 Å². The fourth-order valence-electron chi connectivity index (χ4n) is 4.79. The van der Waals surface area contributed by atoms with Gasteiger partial charge in [-0.05, 0) is 44.4 Å². The van der Waals surface area contributed by atoms with Crippen molar-refractivity contribution in [3.8, 4) is 5.75 Å². The lowest BCUT2D eigenvalue weighted by molar-refractivity contribution is -0.565. The van der Waals surface area contributed by atoms with Crippen LogP contribution in [-0.2, 0) is 16.7 Å². The molecule has 3 aromatic rings. The molecule has 0 aliphatic carbocycles. The van der Waals surface area contributed by atoms with Crippen LogP contribution in [0.4, 0.5) is 17.5 Å². The molecule has 0 unspecified atom stereocenters. The number of rotatable bonds is 8. The Hall–Kier alpha value is -3.40. The van der Waals surface area contributed by atoms with Gasteiger partial charge in [-0.3, -0.25) is 4.79 Å². The number of hydrogen-bond acceptors (Lipinski definition) is 8. The first-order chi connectivity index (χ1) is 17.6. The molecule has 0 amide bonds. The van der Waals surface area contributed by atoms with Crippen molar-refractivity contribution >= 4 is 28.9 Å². The van der Waals surface area contributed by atoms with Gasteiger partial charge in [0.2, 0.25) is 0 Å². The number of nitrogens with zero attached hydrogens (tertiary/aromatic N) is 6. The van der Waals surface area contributed by atoms with E-state index in [1.54, 1.807) is 16.3 Å². The number of benzene rings is 1. The quantitative estimate of drug-likeness (QED) is 0.365. The second-order valence-corrected chi connectivity index (χ2v) is 10.5. The molecule has 10 heteroatoms.